The maximum atomic E-state index is 13.2. The van der Waals surface area contributed by atoms with Crippen molar-refractivity contribution in [2.24, 2.45) is 0 Å². The summed E-state index contributed by atoms with van der Waals surface area (Å²) < 4.78 is 10.8. The van der Waals surface area contributed by atoms with Crippen molar-refractivity contribution < 1.29 is 19.1 Å². The van der Waals surface area contributed by atoms with Gasteiger partial charge in [-0.05, 0) is 53.9 Å². The molecule has 0 saturated carbocycles. The smallest absolute Gasteiger partial charge is 0.339 e. The van der Waals surface area contributed by atoms with E-state index in [-0.39, 0.29) is 18.0 Å². The molecular formula is C26H25NO4. The number of benzene rings is 3. The normalized spacial score (nSPS) is 15.0. The number of cyclic esters (lactones) is 1. The molecule has 5 nitrogen and oxygen atoms in total. The number of fused-ring (bicyclic) bond motifs is 1. The van der Waals surface area contributed by atoms with Crippen molar-refractivity contribution >= 4 is 11.9 Å². The van der Waals surface area contributed by atoms with Crippen molar-refractivity contribution in [2.75, 3.05) is 13.7 Å². The molecule has 1 atom stereocenters. The third-order valence-electron chi connectivity index (χ3n) is 5.60. The van der Waals surface area contributed by atoms with Crippen LogP contribution in [0.25, 0.3) is 0 Å². The van der Waals surface area contributed by atoms with Gasteiger partial charge in [0.1, 0.15) is 11.9 Å². The zero-order valence-corrected chi connectivity index (χ0v) is 17.7. The maximum absolute atomic E-state index is 13.2. The predicted octanol–water partition coefficient (Wildman–Crippen LogP) is 4.81. The molecule has 3 aromatic carbocycles. The van der Waals surface area contributed by atoms with Gasteiger partial charge in [-0.2, -0.15) is 0 Å². The third kappa shape index (κ3) is 4.45. The van der Waals surface area contributed by atoms with Gasteiger partial charge in [-0.1, -0.05) is 42.5 Å². The van der Waals surface area contributed by atoms with Crippen molar-refractivity contribution in [3.05, 3.63) is 101 Å². The van der Waals surface area contributed by atoms with Crippen LogP contribution in [0.15, 0.2) is 72.8 Å². The SMILES string of the molecule is CCN(Cc1ccc(OC)cc1)C(=O)c1ccc2c(c1)CC(c1ccccc1)OC2=O. The summed E-state index contributed by atoms with van der Waals surface area (Å²) in [5.41, 5.74) is 3.93. The van der Waals surface area contributed by atoms with Crippen LogP contribution in [0.3, 0.4) is 0 Å². The van der Waals surface area contributed by atoms with Gasteiger partial charge in [0, 0.05) is 25.1 Å². The Kier molecular flexibility index (Phi) is 6.03. The van der Waals surface area contributed by atoms with E-state index in [9.17, 15) is 9.59 Å². The van der Waals surface area contributed by atoms with E-state index >= 15 is 0 Å². The Labute approximate surface area is 182 Å². The average molecular weight is 415 g/mol. The van der Waals surface area contributed by atoms with Gasteiger partial charge >= 0.3 is 5.97 Å². The number of ether oxygens (including phenoxy) is 2. The third-order valence-corrected chi connectivity index (χ3v) is 5.60. The largest absolute Gasteiger partial charge is 0.497 e. The second-order valence-electron chi connectivity index (χ2n) is 7.55. The maximum Gasteiger partial charge on any atom is 0.339 e. The standard InChI is InChI=1S/C26H25NO4/c1-3-27(17-18-9-12-22(30-2)13-10-18)25(28)20-11-14-23-21(15-20)16-24(31-26(23)29)19-7-5-4-6-8-19/h4-15,24H,3,16-17H2,1-2H3. The molecule has 0 radical (unpaired) electrons. The summed E-state index contributed by atoms with van der Waals surface area (Å²) in [5.74, 6) is 0.378. The minimum Gasteiger partial charge on any atom is -0.497 e. The van der Waals surface area contributed by atoms with Gasteiger partial charge in [0.05, 0.1) is 12.7 Å². The second-order valence-corrected chi connectivity index (χ2v) is 7.55. The van der Waals surface area contributed by atoms with Gasteiger partial charge in [0.15, 0.2) is 0 Å². The number of methoxy groups -OCH3 is 1. The Balaban J connectivity index is 1.55. The van der Waals surface area contributed by atoms with Crippen LogP contribution in [0, 0.1) is 0 Å². The number of rotatable bonds is 6. The Morgan fingerprint density at radius 3 is 2.48 bits per heavy atom. The molecule has 0 aliphatic carbocycles. The molecule has 158 valence electrons. The van der Waals surface area contributed by atoms with Crippen molar-refractivity contribution in [1.29, 1.82) is 0 Å². The lowest BCUT2D eigenvalue weighted by molar-refractivity contribution is 0.0252. The molecule has 4 rings (SSSR count). The van der Waals surface area contributed by atoms with Crippen LogP contribution in [-0.4, -0.2) is 30.4 Å². The van der Waals surface area contributed by atoms with Crippen LogP contribution < -0.4 is 4.74 Å². The minimum absolute atomic E-state index is 0.0590. The van der Waals surface area contributed by atoms with Crippen molar-refractivity contribution in [3.63, 3.8) is 0 Å². The highest BCUT2D eigenvalue weighted by Crippen LogP contribution is 2.31. The van der Waals surface area contributed by atoms with E-state index in [4.69, 9.17) is 9.47 Å². The molecule has 0 N–H and O–H groups in total. The molecule has 1 aliphatic heterocycles. The van der Waals surface area contributed by atoms with Gasteiger partial charge in [-0.15, -0.1) is 0 Å². The molecule has 1 amide bonds. The number of carbonyl (C=O) groups excluding carboxylic acids is 2. The van der Waals surface area contributed by atoms with Gasteiger partial charge in [0.25, 0.3) is 5.91 Å². The van der Waals surface area contributed by atoms with Crippen LogP contribution in [0.2, 0.25) is 0 Å². The lowest BCUT2D eigenvalue weighted by Crippen LogP contribution is -2.31. The Morgan fingerprint density at radius 1 is 1.06 bits per heavy atom. The van der Waals surface area contributed by atoms with E-state index < -0.39 is 0 Å². The fraction of sp³-hybridized carbons (Fsp3) is 0.231. The number of hydrogen-bond acceptors (Lipinski definition) is 4. The summed E-state index contributed by atoms with van der Waals surface area (Å²) in [4.78, 5) is 27.5. The fourth-order valence-corrected chi connectivity index (χ4v) is 3.84. The summed E-state index contributed by atoms with van der Waals surface area (Å²) in [6, 6.07) is 22.6. The lowest BCUT2D eigenvalue weighted by Gasteiger charge is -2.26. The molecule has 1 aliphatic rings. The molecule has 5 heteroatoms. The molecule has 0 aromatic heterocycles. The number of carbonyl (C=O) groups is 2. The van der Waals surface area contributed by atoms with E-state index in [1.807, 2.05) is 67.6 Å². The van der Waals surface area contributed by atoms with Crippen molar-refractivity contribution in [3.8, 4) is 5.75 Å². The molecular weight excluding hydrogens is 390 g/mol. The molecule has 0 spiro atoms. The molecule has 0 saturated heterocycles. The Morgan fingerprint density at radius 2 is 1.81 bits per heavy atom. The monoisotopic (exact) mass is 415 g/mol. The Hall–Kier alpha value is -3.60. The van der Waals surface area contributed by atoms with Crippen molar-refractivity contribution in [2.45, 2.75) is 26.0 Å². The quantitative estimate of drug-likeness (QED) is 0.542. The van der Waals surface area contributed by atoms with E-state index in [0.29, 0.717) is 30.6 Å². The zero-order chi connectivity index (χ0) is 21.8. The molecule has 1 heterocycles. The van der Waals surface area contributed by atoms with E-state index in [1.165, 1.54) is 0 Å². The van der Waals surface area contributed by atoms with Crippen LogP contribution >= 0.6 is 0 Å². The highest BCUT2D eigenvalue weighted by atomic mass is 16.5. The summed E-state index contributed by atoms with van der Waals surface area (Å²) >= 11 is 0. The average Bonchev–Trinajstić information content (AvgIpc) is 2.82. The first kappa shape index (κ1) is 20.7. The van der Waals surface area contributed by atoms with E-state index in [2.05, 4.69) is 0 Å². The minimum atomic E-state index is -0.348. The number of amides is 1. The van der Waals surface area contributed by atoms with Gasteiger partial charge in [0.2, 0.25) is 0 Å². The number of hydrogen-bond donors (Lipinski definition) is 0. The molecule has 0 fully saturated rings. The first-order chi connectivity index (χ1) is 15.1. The Bertz CT molecular complexity index is 1080. The molecule has 3 aromatic rings. The second kappa shape index (κ2) is 9.04. The summed E-state index contributed by atoms with van der Waals surface area (Å²) in [6.45, 7) is 3.05. The topological polar surface area (TPSA) is 55.8 Å². The van der Waals surface area contributed by atoms with Gasteiger partial charge in [-0.25, -0.2) is 4.79 Å². The predicted molar refractivity (Wildman–Crippen MR) is 118 cm³/mol. The highest BCUT2D eigenvalue weighted by molar-refractivity contribution is 5.97. The summed E-state index contributed by atoms with van der Waals surface area (Å²) in [7, 11) is 1.63. The molecule has 1 unspecified atom stereocenters. The summed E-state index contributed by atoms with van der Waals surface area (Å²) in [6.07, 6.45) is 0.213. The van der Waals surface area contributed by atoms with Crippen LogP contribution in [0.4, 0.5) is 0 Å². The highest BCUT2D eigenvalue weighted by Gasteiger charge is 2.28. The van der Waals surface area contributed by atoms with E-state index in [1.54, 1.807) is 24.1 Å². The number of nitrogens with zero attached hydrogens (tertiary/aromatic N) is 1. The van der Waals surface area contributed by atoms with Gasteiger partial charge < -0.3 is 14.4 Å². The van der Waals surface area contributed by atoms with Crippen LogP contribution in [0.5, 0.6) is 5.75 Å². The van der Waals surface area contributed by atoms with Crippen LogP contribution in [0.1, 0.15) is 50.4 Å². The van der Waals surface area contributed by atoms with Gasteiger partial charge in [-0.3, -0.25) is 4.79 Å². The fourth-order valence-electron chi connectivity index (χ4n) is 3.84. The van der Waals surface area contributed by atoms with Crippen LogP contribution in [-0.2, 0) is 17.7 Å². The first-order valence-corrected chi connectivity index (χ1v) is 10.4. The summed E-state index contributed by atoms with van der Waals surface area (Å²) in [5, 5.41) is 0. The zero-order valence-electron chi connectivity index (χ0n) is 17.7. The van der Waals surface area contributed by atoms with Crippen molar-refractivity contribution in [1.82, 2.24) is 4.90 Å². The van der Waals surface area contributed by atoms with E-state index in [0.717, 1.165) is 22.4 Å². The number of esters is 1. The lowest BCUT2D eigenvalue weighted by atomic mass is 9.93. The molecule has 31 heavy (non-hydrogen) atoms. The first-order valence-electron chi connectivity index (χ1n) is 10.4. The molecule has 0 bridgehead atoms.